The van der Waals surface area contributed by atoms with Gasteiger partial charge in [0.2, 0.25) is 0 Å². The van der Waals surface area contributed by atoms with Crippen LogP contribution in [0.25, 0.3) is 0 Å². The Labute approximate surface area is 128 Å². The van der Waals surface area contributed by atoms with Crippen molar-refractivity contribution in [2.75, 3.05) is 19.6 Å². The molecule has 0 bridgehead atoms. The molecule has 0 amide bonds. The molecule has 1 unspecified atom stereocenters. The minimum absolute atomic E-state index is 0.229. The smallest absolute Gasteiger partial charge is 0.123 e. The van der Waals surface area contributed by atoms with E-state index in [2.05, 4.69) is 21.3 Å². The van der Waals surface area contributed by atoms with Crippen molar-refractivity contribution < 1.29 is 4.39 Å². The zero-order chi connectivity index (χ0) is 14.7. The molecule has 0 aliphatic carbocycles. The summed E-state index contributed by atoms with van der Waals surface area (Å²) >= 11 is 6.19. The molecule has 110 valence electrons. The van der Waals surface area contributed by atoms with Crippen molar-refractivity contribution in [1.29, 1.82) is 0 Å². The van der Waals surface area contributed by atoms with Crippen LogP contribution in [0.3, 0.4) is 0 Å². The zero-order valence-corrected chi connectivity index (χ0v) is 12.4. The summed E-state index contributed by atoms with van der Waals surface area (Å²) in [4.78, 5) is 6.51. The SMILES string of the molecule is Fc1ccc(Cl)c(CN2CCNCC2c2cccnc2)c1. The lowest BCUT2D eigenvalue weighted by Crippen LogP contribution is -2.45. The highest BCUT2D eigenvalue weighted by atomic mass is 35.5. The molecule has 1 aliphatic heterocycles. The van der Waals surface area contributed by atoms with Gasteiger partial charge in [-0.25, -0.2) is 4.39 Å². The summed E-state index contributed by atoms with van der Waals surface area (Å²) in [5, 5.41) is 4.01. The number of hydrogen-bond acceptors (Lipinski definition) is 3. The van der Waals surface area contributed by atoms with Crippen molar-refractivity contribution in [3.8, 4) is 0 Å². The molecule has 0 radical (unpaired) electrons. The highest BCUT2D eigenvalue weighted by molar-refractivity contribution is 6.31. The number of hydrogen-bond donors (Lipinski definition) is 1. The van der Waals surface area contributed by atoms with Crippen molar-refractivity contribution in [2.24, 2.45) is 0 Å². The van der Waals surface area contributed by atoms with Crippen molar-refractivity contribution in [3.05, 3.63) is 64.7 Å². The Balaban J connectivity index is 1.83. The monoisotopic (exact) mass is 305 g/mol. The Morgan fingerprint density at radius 3 is 3.10 bits per heavy atom. The molecule has 1 aliphatic rings. The van der Waals surface area contributed by atoms with Crippen LogP contribution in [0, 0.1) is 5.82 Å². The second-order valence-electron chi connectivity index (χ2n) is 5.21. The van der Waals surface area contributed by atoms with Gasteiger partial charge in [-0.1, -0.05) is 17.7 Å². The van der Waals surface area contributed by atoms with Crippen LogP contribution < -0.4 is 5.32 Å². The number of halogens is 2. The van der Waals surface area contributed by atoms with E-state index < -0.39 is 0 Å². The third-order valence-electron chi connectivity index (χ3n) is 3.80. The van der Waals surface area contributed by atoms with Gasteiger partial charge < -0.3 is 5.32 Å². The first-order chi connectivity index (χ1) is 10.2. The average Bonchev–Trinajstić information content (AvgIpc) is 2.52. The molecular formula is C16H17ClFN3. The maximum atomic E-state index is 13.4. The Hall–Kier alpha value is -1.49. The lowest BCUT2D eigenvalue weighted by Gasteiger charge is -2.36. The van der Waals surface area contributed by atoms with E-state index in [1.165, 1.54) is 12.1 Å². The lowest BCUT2D eigenvalue weighted by molar-refractivity contribution is 0.153. The number of piperazine rings is 1. The van der Waals surface area contributed by atoms with Gasteiger partial charge in [-0.05, 0) is 35.4 Å². The largest absolute Gasteiger partial charge is 0.314 e. The summed E-state index contributed by atoms with van der Waals surface area (Å²) in [6, 6.07) is 8.77. The standard InChI is InChI=1S/C16H17ClFN3/c17-15-4-3-14(18)8-13(15)11-21-7-6-20-10-16(21)12-2-1-5-19-9-12/h1-5,8-9,16,20H,6-7,10-11H2. The highest BCUT2D eigenvalue weighted by Gasteiger charge is 2.24. The maximum absolute atomic E-state index is 13.4. The number of pyridine rings is 1. The van der Waals surface area contributed by atoms with Crippen LogP contribution in [0.5, 0.6) is 0 Å². The summed E-state index contributed by atoms with van der Waals surface area (Å²) < 4.78 is 13.4. The molecule has 0 spiro atoms. The molecule has 3 nitrogen and oxygen atoms in total. The number of benzene rings is 1. The van der Waals surface area contributed by atoms with Gasteiger partial charge in [0, 0.05) is 49.6 Å². The van der Waals surface area contributed by atoms with Crippen LogP contribution in [0.2, 0.25) is 5.02 Å². The van der Waals surface area contributed by atoms with Gasteiger partial charge in [-0.3, -0.25) is 9.88 Å². The molecule has 0 saturated carbocycles. The molecule has 2 heterocycles. The molecule has 1 saturated heterocycles. The third-order valence-corrected chi connectivity index (χ3v) is 4.17. The quantitative estimate of drug-likeness (QED) is 0.945. The average molecular weight is 306 g/mol. The molecule has 1 aromatic carbocycles. The van der Waals surface area contributed by atoms with Crippen LogP contribution in [-0.4, -0.2) is 29.5 Å². The van der Waals surface area contributed by atoms with Crippen molar-refractivity contribution in [2.45, 2.75) is 12.6 Å². The zero-order valence-electron chi connectivity index (χ0n) is 11.6. The second-order valence-corrected chi connectivity index (χ2v) is 5.62. The first-order valence-electron chi connectivity index (χ1n) is 7.02. The first-order valence-corrected chi connectivity index (χ1v) is 7.40. The van der Waals surface area contributed by atoms with Gasteiger partial charge in [0.1, 0.15) is 5.82 Å². The number of aromatic nitrogens is 1. The van der Waals surface area contributed by atoms with Crippen LogP contribution in [-0.2, 0) is 6.54 Å². The third kappa shape index (κ3) is 3.40. The van der Waals surface area contributed by atoms with E-state index in [1.807, 2.05) is 12.3 Å². The fraction of sp³-hybridized carbons (Fsp3) is 0.312. The van der Waals surface area contributed by atoms with E-state index in [9.17, 15) is 4.39 Å². The molecule has 1 N–H and O–H groups in total. The summed E-state index contributed by atoms with van der Waals surface area (Å²) in [6.07, 6.45) is 3.66. The fourth-order valence-corrected chi connectivity index (χ4v) is 2.90. The van der Waals surface area contributed by atoms with Gasteiger partial charge >= 0.3 is 0 Å². The Morgan fingerprint density at radius 1 is 1.38 bits per heavy atom. The molecule has 1 atom stereocenters. The van der Waals surface area contributed by atoms with Crippen molar-refractivity contribution >= 4 is 11.6 Å². The predicted octanol–water partition coefficient (Wildman–Crippen LogP) is 3.02. The molecule has 3 rings (SSSR count). The fourth-order valence-electron chi connectivity index (χ4n) is 2.72. The Bertz CT molecular complexity index is 606. The predicted molar refractivity (Wildman–Crippen MR) is 81.7 cm³/mol. The highest BCUT2D eigenvalue weighted by Crippen LogP contribution is 2.26. The summed E-state index contributed by atoms with van der Waals surface area (Å²) in [7, 11) is 0. The van der Waals surface area contributed by atoms with E-state index >= 15 is 0 Å². The van der Waals surface area contributed by atoms with E-state index in [4.69, 9.17) is 11.6 Å². The van der Waals surface area contributed by atoms with Gasteiger partial charge in [0.25, 0.3) is 0 Å². The summed E-state index contributed by atoms with van der Waals surface area (Å²) in [6.45, 7) is 3.31. The van der Waals surface area contributed by atoms with E-state index in [1.54, 1.807) is 12.3 Å². The van der Waals surface area contributed by atoms with Gasteiger partial charge in [-0.2, -0.15) is 0 Å². The minimum Gasteiger partial charge on any atom is -0.314 e. The normalized spacial score (nSPS) is 19.6. The van der Waals surface area contributed by atoms with Crippen molar-refractivity contribution in [1.82, 2.24) is 15.2 Å². The number of nitrogens with zero attached hydrogens (tertiary/aromatic N) is 2. The molecule has 2 aromatic rings. The van der Waals surface area contributed by atoms with Gasteiger partial charge in [0.15, 0.2) is 0 Å². The maximum Gasteiger partial charge on any atom is 0.123 e. The molecular weight excluding hydrogens is 289 g/mol. The lowest BCUT2D eigenvalue weighted by atomic mass is 10.0. The Morgan fingerprint density at radius 2 is 2.29 bits per heavy atom. The number of nitrogens with one attached hydrogen (secondary N) is 1. The first kappa shape index (κ1) is 14.4. The van der Waals surface area contributed by atoms with Crippen LogP contribution >= 0.6 is 11.6 Å². The van der Waals surface area contributed by atoms with Crippen LogP contribution in [0.4, 0.5) is 4.39 Å². The van der Waals surface area contributed by atoms with E-state index in [0.717, 1.165) is 30.8 Å². The topological polar surface area (TPSA) is 28.2 Å². The molecule has 5 heteroatoms. The van der Waals surface area contributed by atoms with Gasteiger partial charge in [-0.15, -0.1) is 0 Å². The van der Waals surface area contributed by atoms with Crippen LogP contribution in [0.15, 0.2) is 42.7 Å². The summed E-state index contributed by atoms with van der Waals surface area (Å²) in [5.74, 6) is -0.248. The van der Waals surface area contributed by atoms with E-state index in [-0.39, 0.29) is 11.9 Å². The second kappa shape index (κ2) is 6.52. The van der Waals surface area contributed by atoms with Gasteiger partial charge in [0.05, 0.1) is 0 Å². The van der Waals surface area contributed by atoms with Crippen LogP contribution in [0.1, 0.15) is 17.2 Å². The molecule has 1 aromatic heterocycles. The minimum atomic E-state index is -0.248. The van der Waals surface area contributed by atoms with E-state index in [0.29, 0.717) is 11.6 Å². The number of rotatable bonds is 3. The molecule has 1 fully saturated rings. The molecule has 21 heavy (non-hydrogen) atoms. The van der Waals surface area contributed by atoms with Crippen molar-refractivity contribution in [3.63, 3.8) is 0 Å². The summed E-state index contributed by atoms with van der Waals surface area (Å²) in [5.41, 5.74) is 1.99. The Kier molecular flexibility index (Phi) is 4.48.